The van der Waals surface area contributed by atoms with Crippen LogP contribution < -0.4 is 16.1 Å². The van der Waals surface area contributed by atoms with Gasteiger partial charge in [-0.15, -0.1) is 0 Å². The summed E-state index contributed by atoms with van der Waals surface area (Å²) in [6, 6.07) is 0.968. The molecule has 0 bridgehead atoms. The zero-order chi connectivity index (χ0) is 20.4. The van der Waals surface area contributed by atoms with E-state index >= 15 is 8.78 Å². The van der Waals surface area contributed by atoms with Crippen molar-refractivity contribution in [3.63, 3.8) is 0 Å². The van der Waals surface area contributed by atoms with E-state index in [1.165, 1.54) is 10.8 Å². The molecule has 3 aliphatic rings. The molecule has 5 rings (SSSR count). The highest BCUT2D eigenvalue weighted by Gasteiger charge is 2.41. The van der Waals surface area contributed by atoms with Crippen LogP contribution in [0, 0.1) is 23.5 Å². The van der Waals surface area contributed by atoms with Gasteiger partial charge in [0.25, 0.3) is 0 Å². The monoisotopic (exact) mass is 403 g/mol. The number of carbonyl (C=O) groups is 1. The second-order valence-electron chi connectivity index (χ2n) is 8.66. The van der Waals surface area contributed by atoms with Crippen molar-refractivity contribution >= 4 is 22.6 Å². The third-order valence-corrected chi connectivity index (χ3v) is 6.82. The number of aromatic nitrogens is 1. The average molecular weight is 403 g/mol. The van der Waals surface area contributed by atoms with Crippen LogP contribution in [0.3, 0.4) is 0 Å². The van der Waals surface area contributed by atoms with Gasteiger partial charge in [0, 0.05) is 31.4 Å². The largest absolute Gasteiger partial charge is 0.477 e. The van der Waals surface area contributed by atoms with E-state index in [0.29, 0.717) is 19.0 Å². The maximum atomic E-state index is 15.7. The van der Waals surface area contributed by atoms with Crippen molar-refractivity contribution in [1.82, 2.24) is 4.57 Å². The van der Waals surface area contributed by atoms with E-state index in [2.05, 4.69) is 0 Å². The van der Waals surface area contributed by atoms with Crippen LogP contribution in [0.5, 0.6) is 0 Å². The van der Waals surface area contributed by atoms with Crippen molar-refractivity contribution in [3.05, 3.63) is 39.7 Å². The van der Waals surface area contributed by atoms with Gasteiger partial charge < -0.3 is 20.3 Å². The van der Waals surface area contributed by atoms with Crippen LogP contribution in [0.1, 0.15) is 48.5 Å². The molecule has 3 fully saturated rings. The van der Waals surface area contributed by atoms with E-state index in [9.17, 15) is 14.7 Å². The van der Waals surface area contributed by atoms with Crippen molar-refractivity contribution in [2.75, 3.05) is 18.0 Å². The highest BCUT2D eigenvalue weighted by molar-refractivity contribution is 5.94. The maximum absolute atomic E-state index is 15.7. The number of pyridine rings is 1. The van der Waals surface area contributed by atoms with Crippen molar-refractivity contribution < 1.29 is 18.7 Å². The van der Waals surface area contributed by atoms with Crippen LogP contribution in [0.25, 0.3) is 10.9 Å². The van der Waals surface area contributed by atoms with Crippen LogP contribution in [-0.2, 0) is 0 Å². The van der Waals surface area contributed by atoms with Gasteiger partial charge >= 0.3 is 5.97 Å². The number of benzene rings is 1. The number of rotatable bonds is 3. The zero-order valence-corrected chi connectivity index (χ0v) is 15.9. The van der Waals surface area contributed by atoms with Crippen molar-refractivity contribution in [3.8, 4) is 0 Å². The number of carboxylic acid groups (broad SMARTS) is 1. The van der Waals surface area contributed by atoms with Crippen molar-refractivity contribution in [2.24, 2.45) is 17.6 Å². The number of carboxylic acids is 1. The van der Waals surface area contributed by atoms with Crippen LogP contribution in [0.2, 0.25) is 0 Å². The molecule has 0 unspecified atom stereocenters. The number of aromatic carboxylic acids is 1. The Morgan fingerprint density at radius 2 is 1.93 bits per heavy atom. The van der Waals surface area contributed by atoms with Gasteiger partial charge in [-0.2, -0.15) is 0 Å². The van der Waals surface area contributed by atoms with E-state index in [1.54, 1.807) is 4.90 Å². The summed E-state index contributed by atoms with van der Waals surface area (Å²) < 4.78 is 32.3. The number of halogens is 2. The number of fused-ring (bicyclic) bond motifs is 2. The molecule has 3 N–H and O–H groups in total. The first-order chi connectivity index (χ1) is 13.9. The highest BCUT2D eigenvalue weighted by Crippen LogP contribution is 2.42. The topological polar surface area (TPSA) is 88.6 Å². The molecule has 8 heteroatoms. The van der Waals surface area contributed by atoms with Gasteiger partial charge in [-0.3, -0.25) is 4.79 Å². The Morgan fingerprint density at radius 3 is 2.59 bits per heavy atom. The molecule has 29 heavy (non-hydrogen) atoms. The Balaban J connectivity index is 1.68. The summed E-state index contributed by atoms with van der Waals surface area (Å²) in [6.07, 6.45) is 5.70. The fraction of sp³-hybridized carbons (Fsp3) is 0.524. The minimum Gasteiger partial charge on any atom is -0.477 e. The van der Waals surface area contributed by atoms with E-state index < -0.39 is 28.6 Å². The van der Waals surface area contributed by atoms with Crippen LogP contribution in [0.15, 0.2) is 17.1 Å². The van der Waals surface area contributed by atoms with Crippen molar-refractivity contribution in [2.45, 2.75) is 44.2 Å². The lowest BCUT2D eigenvalue weighted by Gasteiger charge is -2.29. The molecular formula is C21H23F2N3O3. The predicted molar refractivity (Wildman–Crippen MR) is 104 cm³/mol. The lowest BCUT2D eigenvalue weighted by molar-refractivity contribution is 0.0695. The normalized spacial score (nSPS) is 26.7. The molecule has 2 saturated carbocycles. The fourth-order valence-corrected chi connectivity index (χ4v) is 5.21. The summed E-state index contributed by atoms with van der Waals surface area (Å²) in [6.45, 7) is 1.03. The van der Waals surface area contributed by atoms with Gasteiger partial charge in [0.15, 0.2) is 5.82 Å². The molecule has 2 aromatic rings. The highest BCUT2D eigenvalue weighted by atomic mass is 19.1. The number of nitrogens with two attached hydrogens (primary N) is 1. The van der Waals surface area contributed by atoms with E-state index in [-0.39, 0.29) is 34.6 Å². The molecule has 1 saturated heterocycles. The maximum Gasteiger partial charge on any atom is 0.341 e. The fourth-order valence-electron chi connectivity index (χ4n) is 5.21. The average Bonchev–Trinajstić information content (AvgIpc) is 3.42. The molecule has 1 aliphatic heterocycles. The molecule has 0 radical (unpaired) electrons. The molecule has 3 atom stereocenters. The lowest BCUT2D eigenvalue weighted by Crippen LogP contribution is -2.38. The van der Waals surface area contributed by atoms with Gasteiger partial charge in [-0.1, -0.05) is 6.42 Å². The van der Waals surface area contributed by atoms with E-state index in [1.807, 2.05) is 0 Å². The first kappa shape index (κ1) is 18.5. The van der Waals surface area contributed by atoms with Crippen LogP contribution in [0.4, 0.5) is 14.5 Å². The Bertz CT molecular complexity index is 1080. The van der Waals surface area contributed by atoms with Crippen molar-refractivity contribution in [1.29, 1.82) is 0 Å². The minimum atomic E-state index is -1.39. The summed E-state index contributed by atoms with van der Waals surface area (Å²) in [4.78, 5) is 25.8. The van der Waals surface area contributed by atoms with Gasteiger partial charge in [-0.25, -0.2) is 13.6 Å². The summed E-state index contributed by atoms with van der Waals surface area (Å²) in [5.74, 6) is -2.49. The molecule has 2 heterocycles. The second kappa shape index (κ2) is 6.52. The molecular weight excluding hydrogens is 380 g/mol. The Kier molecular flexibility index (Phi) is 4.17. The minimum absolute atomic E-state index is 0.00179. The molecule has 1 aromatic heterocycles. The van der Waals surface area contributed by atoms with Gasteiger partial charge in [0.2, 0.25) is 5.43 Å². The second-order valence-corrected chi connectivity index (χ2v) is 8.66. The summed E-state index contributed by atoms with van der Waals surface area (Å²) in [5.41, 5.74) is 4.80. The van der Waals surface area contributed by atoms with Crippen LogP contribution in [-0.4, -0.2) is 34.8 Å². The predicted octanol–water partition coefficient (Wildman–Crippen LogP) is 2.88. The number of hydrogen-bond donors (Lipinski definition) is 2. The van der Waals surface area contributed by atoms with E-state index in [0.717, 1.165) is 38.2 Å². The Labute approximate surface area is 165 Å². The molecule has 6 nitrogen and oxygen atoms in total. The van der Waals surface area contributed by atoms with Gasteiger partial charge in [-0.05, 0) is 43.6 Å². The molecule has 0 amide bonds. The summed E-state index contributed by atoms with van der Waals surface area (Å²) in [5, 5.41) is 9.12. The first-order valence-electron chi connectivity index (χ1n) is 10.2. The Morgan fingerprint density at radius 1 is 1.17 bits per heavy atom. The first-order valence-corrected chi connectivity index (χ1v) is 10.2. The van der Waals surface area contributed by atoms with E-state index in [4.69, 9.17) is 5.73 Å². The third kappa shape index (κ3) is 2.84. The van der Waals surface area contributed by atoms with Gasteiger partial charge in [0.1, 0.15) is 17.1 Å². The quantitative estimate of drug-likeness (QED) is 0.823. The standard InChI is InChI=1S/C21H23F2N3O3/c22-15-6-12-18(26(11-4-5-11)9-14(20(12)27)21(28)29)17(23)19(15)25-7-10-2-1-3-16(24)13(10)8-25/h6,9-11,13,16H,1-5,7-8,24H2,(H,28,29)/t10-,13+,16-/m1/s1. The molecule has 0 spiro atoms. The number of hydrogen-bond acceptors (Lipinski definition) is 4. The summed E-state index contributed by atoms with van der Waals surface area (Å²) in [7, 11) is 0. The lowest BCUT2D eigenvalue weighted by atomic mass is 9.78. The SMILES string of the molecule is N[C@@H]1CCC[C@@H]2CN(c3c(F)cc4c(=O)c(C(=O)O)cn(C5CC5)c4c3F)C[C@@H]21. The zero-order valence-electron chi connectivity index (χ0n) is 15.9. The van der Waals surface area contributed by atoms with Crippen LogP contribution >= 0.6 is 0 Å². The molecule has 154 valence electrons. The molecule has 1 aromatic carbocycles. The number of nitrogens with zero attached hydrogens (tertiary/aromatic N) is 2. The third-order valence-electron chi connectivity index (χ3n) is 6.82. The molecule has 2 aliphatic carbocycles. The van der Waals surface area contributed by atoms with Gasteiger partial charge in [0.05, 0.1) is 10.9 Å². The number of anilines is 1. The Hall–Kier alpha value is -2.48. The summed E-state index contributed by atoms with van der Waals surface area (Å²) >= 11 is 0. The smallest absolute Gasteiger partial charge is 0.341 e.